The van der Waals surface area contributed by atoms with Gasteiger partial charge in [0.2, 0.25) is 0 Å². The van der Waals surface area contributed by atoms with E-state index in [1.807, 2.05) is 74.5 Å². The van der Waals surface area contributed by atoms with Gasteiger partial charge in [-0.1, -0.05) is 74.5 Å². The molecule has 4 heteroatoms. The number of rotatable bonds is 4. The molecule has 1 N–H and O–H groups in total. The number of aromatic nitrogens is 2. The van der Waals surface area contributed by atoms with Crippen molar-refractivity contribution >= 4 is 0 Å². The average molecular weight is 320 g/mol. The van der Waals surface area contributed by atoms with Gasteiger partial charge in [0.15, 0.2) is 0 Å². The van der Waals surface area contributed by atoms with Gasteiger partial charge in [-0.2, -0.15) is 0 Å². The van der Waals surface area contributed by atoms with Crippen LogP contribution >= 0.6 is 0 Å². The Morgan fingerprint density at radius 3 is 2.04 bits per heavy atom. The van der Waals surface area contributed by atoms with Gasteiger partial charge in [0, 0.05) is 11.1 Å². The van der Waals surface area contributed by atoms with E-state index in [-0.39, 0.29) is 5.92 Å². The highest BCUT2D eigenvalue weighted by Gasteiger charge is 2.19. The molecular formula is C20H20N2O2. The normalized spacial score (nSPS) is 11.0. The van der Waals surface area contributed by atoms with Gasteiger partial charge in [-0.25, -0.2) is 4.98 Å². The van der Waals surface area contributed by atoms with E-state index >= 15 is 0 Å². The Bertz CT molecular complexity index is 885. The van der Waals surface area contributed by atoms with E-state index in [0.717, 1.165) is 15.9 Å². The summed E-state index contributed by atoms with van der Waals surface area (Å²) in [6.07, 6.45) is 0.522. The molecule has 0 bridgehead atoms. The van der Waals surface area contributed by atoms with Crippen molar-refractivity contribution in [3.63, 3.8) is 0 Å². The van der Waals surface area contributed by atoms with Crippen molar-refractivity contribution in [2.75, 3.05) is 0 Å². The molecule has 0 fully saturated rings. The lowest BCUT2D eigenvalue weighted by Crippen LogP contribution is -2.27. The van der Waals surface area contributed by atoms with Crippen LogP contribution in [0.1, 0.15) is 19.5 Å². The second-order valence-electron chi connectivity index (χ2n) is 6.20. The van der Waals surface area contributed by atoms with Crippen molar-refractivity contribution < 1.29 is 5.21 Å². The van der Waals surface area contributed by atoms with Gasteiger partial charge < -0.3 is 5.21 Å². The third-order valence-electron chi connectivity index (χ3n) is 3.82. The molecule has 0 radical (unpaired) electrons. The standard InChI is InChI=1S/C20H20N2O2/c1-14(2)13-17-20(23)22(24)19(16-11-7-4-8-12-16)18(21-17)15-9-5-3-6-10-15/h3-12,14,24H,13H2,1-2H3. The zero-order valence-corrected chi connectivity index (χ0v) is 13.8. The molecule has 1 aromatic heterocycles. The summed E-state index contributed by atoms with van der Waals surface area (Å²) < 4.78 is 0.738. The number of nitrogens with zero attached hydrogens (tertiary/aromatic N) is 2. The van der Waals surface area contributed by atoms with Gasteiger partial charge in [0.25, 0.3) is 0 Å². The first-order chi connectivity index (χ1) is 11.6. The molecule has 0 amide bonds. The molecule has 24 heavy (non-hydrogen) atoms. The predicted octanol–water partition coefficient (Wildman–Crippen LogP) is 4.01. The Balaban J connectivity index is 2.31. The summed E-state index contributed by atoms with van der Waals surface area (Å²) in [7, 11) is 0. The maximum Gasteiger partial charge on any atom is 0.305 e. The first-order valence-corrected chi connectivity index (χ1v) is 8.04. The fraction of sp³-hybridized carbons (Fsp3) is 0.200. The molecule has 2 aromatic carbocycles. The van der Waals surface area contributed by atoms with Gasteiger partial charge in [-0.05, 0) is 12.3 Å². The number of hydrogen-bond acceptors (Lipinski definition) is 3. The van der Waals surface area contributed by atoms with Gasteiger partial charge in [0.1, 0.15) is 11.4 Å². The van der Waals surface area contributed by atoms with Crippen LogP contribution in [0.5, 0.6) is 0 Å². The van der Waals surface area contributed by atoms with Crippen LogP contribution in [0.4, 0.5) is 0 Å². The quantitative estimate of drug-likeness (QED) is 0.739. The Labute approximate surface area is 141 Å². The molecule has 4 nitrogen and oxygen atoms in total. The minimum Gasteiger partial charge on any atom is -0.425 e. The molecule has 3 rings (SSSR count). The molecule has 0 atom stereocenters. The second kappa shape index (κ2) is 6.71. The fourth-order valence-corrected chi connectivity index (χ4v) is 2.73. The van der Waals surface area contributed by atoms with Crippen LogP contribution in [0.25, 0.3) is 22.5 Å². The molecule has 0 saturated carbocycles. The molecule has 0 aliphatic heterocycles. The highest BCUT2D eigenvalue weighted by Crippen LogP contribution is 2.29. The van der Waals surface area contributed by atoms with Gasteiger partial charge >= 0.3 is 5.56 Å². The van der Waals surface area contributed by atoms with E-state index in [9.17, 15) is 10.0 Å². The Hall–Kier alpha value is -2.88. The van der Waals surface area contributed by atoms with E-state index < -0.39 is 5.56 Å². The van der Waals surface area contributed by atoms with Crippen LogP contribution in [-0.2, 0) is 6.42 Å². The highest BCUT2D eigenvalue weighted by atomic mass is 16.5. The van der Waals surface area contributed by atoms with Crippen LogP contribution < -0.4 is 5.56 Å². The maximum atomic E-state index is 12.5. The Kier molecular flexibility index (Phi) is 4.47. The highest BCUT2D eigenvalue weighted by molar-refractivity contribution is 5.78. The molecule has 0 saturated heterocycles. The molecule has 0 unspecified atom stereocenters. The lowest BCUT2D eigenvalue weighted by Gasteiger charge is -2.15. The van der Waals surface area contributed by atoms with Crippen molar-refractivity contribution in [1.82, 2.24) is 9.71 Å². The number of benzene rings is 2. The first-order valence-electron chi connectivity index (χ1n) is 8.04. The van der Waals surface area contributed by atoms with Crippen molar-refractivity contribution in [2.45, 2.75) is 20.3 Å². The second-order valence-corrected chi connectivity index (χ2v) is 6.20. The Morgan fingerprint density at radius 2 is 1.50 bits per heavy atom. The maximum absolute atomic E-state index is 12.5. The number of hydrogen-bond donors (Lipinski definition) is 1. The monoisotopic (exact) mass is 320 g/mol. The van der Waals surface area contributed by atoms with Crippen molar-refractivity contribution in [2.24, 2.45) is 5.92 Å². The average Bonchev–Trinajstić information content (AvgIpc) is 2.60. The molecule has 0 spiro atoms. The molecule has 0 aliphatic rings. The SMILES string of the molecule is CC(C)Cc1nc(-c2ccccc2)c(-c2ccccc2)n(O)c1=O. The van der Waals surface area contributed by atoms with Crippen LogP contribution in [0.15, 0.2) is 65.5 Å². The van der Waals surface area contributed by atoms with Crippen LogP contribution in [0.2, 0.25) is 0 Å². The molecule has 3 aromatic rings. The van der Waals surface area contributed by atoms with Crippen molar-refractivity contribution in [3.8, 4) is 22.5 Å². The van der Waals surface area contributed by atoms with Crippen LogP contribution in [-0.4, -0.2) is 14.9 Å². The summed E-state index contributed by atoms with van der Waals surface area (Å²) in [5.74, 6) is 0.274. The minimum absolute atomic E-state index is 0.274. The van der Waals surface area contributed by atoms with E-state index in [1.54, 1.807) is 0 Å². The summed E-state index contributed by atoms with van der Waals surface area (Å²) in [5.41, 5.74) is 2.57. The third-order valence-corrected chi connectivity index (χ3v) is 3.82. The Morgan fingerprint density at radius 1 is 0.958 bits per heavy atom. The summed E-state index contributed by atoms with van der Waals surface area (Å²) in [5, 5.41) is 10.6. The summed E-state index contributed by atoms with van der Waals surface area (Å²) >= 11 is 0. The summed E-state index contributed by atoms with van der Waals surface area (Å²) in [6.45, 7) is 4.05. The van der Waals surface area contributed by atoms with Gasteiger partial charge in [0.05, 0.1) is 5.69 Å². The third kappa shape index (κ3) is 3.08. The summed E-state index contributed by atoms with van der Waals surface area (Å²) in [4.78, 5) is 17.2. The minimum atomic E-state index is -0.456. The van der Waals surface area contributed by atoms with Crippen LogP contribution in [0, 0.1) is 5.92 Å². The zero-order chi connectivity index (χ0) is 17.1. The van der Waals surface area contributed by atoms with Gasteiger partial charge in [-0.3, -0.25) is 4.79 Å². The van der Waals surface area contributed by atoms with Gasteiger partial charge in [-0.15, -0.1) is 4.73 Å². The van der Waals surface area contributed by atoms with E-state index in [1.165, 1.54) is 0 Å². The van der Waals surface area contributed by atoms with Crippen molar-refractivity contribution in [3.05, 3.63) is 76.7 Å². The topological polar surface area (TPSA) is 55.1 Å². The largest absolute Gasteiger partial charge is 0.425 e. The lowest BCUT2D eigenvalue weighted by molar-refractivity contribution is 0.177. The lowest BCUT2D eigenvalue weighted by atomic mass is 10.0. The zero-order valence-electron chi connectivity index (χ0n) is 13.8. The van der Waals surface area contributed by atoms with E-state index in [0.29, 0.717) is 23.5 Å². The predicted molar refractivity (Wildman–Crippen MR) is 95.1 cm³/mol. The summed E-state index contributed by atoms with van der Waals surface area (Å²) in [6, 6.07) is 19.0. The molecule has 122 valence electrons. The molecule has 1 heterocycles. The molecule has 0 aliphatic carbocycles. The van der Waals surface area contributed by atoms with E-state index in [2.05, 4.69) is 4.98 Å². The first kappa shape index (κ1) is 16.0. The molecular weight excluding hydrogens is 300 g/mol. The smallest absolute Gasteiger partial charge is 0.305 e. The fourth-order valence-electron chi connectivity index (χ4n) is 2.73. The van der Waals surface area contributed by atoms with Crippen LogP contribution in [0.3, 0.4) is 0 Å². The van der Waals surface area contributed by atoms with E-state index in [4.69, 9.17) is 0 Å². The van der Waals surface area contributed by atoms with Crippen molar-refractivity contribution in [1.29, 1.82) is 0 Å².